The molecule has 0 bridgehead atoms. The zero-order valence-electron chi connectivity index (χ0n) is 22.1. The van der Waals surface area contributed by atoms with Gasteiger partial charge >= 0.3 is 0 Å². The standard InChI is InChI=1S/C30H43O2P/c1-9-11-13-25-15-21(5)27(22(6)16-25)29(31)33(19-20(3)4)30(32)28-23(7)17-26(14-12-10-2)18-24(28)8/h15-18,20H,9-14,19H2,1-8H3. The molecule has 0 atom stereocenters. The van der Waals surface area contributed by atoms with Crippen molar-refractivity contribution in [1.82, 2.24) is 0 Å². The van der Waals surface area contributed by atoms with Crippen molar-refractivity contribution >= 4 is 19.0 Å². The lowest BCUT2D eigenvalue weighted by atomic mass is 9.97. The summed E-state index contributed by atoms with van der Waals surface area (Å²) in [6, 6.07) is 8.62. The van der Waals surface area contributed by atoms with Crippen molar-refractivity contribution in [1.29, 1.82) is 0 Å². The molecule has 0 aliphatic rings. The van der Waals surface area contributed by atoms with Crippen LogP contribution in [0.15, 0.2) is 24.3 Å². The van der Waals surface area contributed by atoms with Crippen molar-refractivity contribution in [3.05, 3.63) is 68.8 Å². The van der Waals surface area contributed by atoms with Gasteiger partial charge in [0.05, 0.1) is 0 Å². The van der Waals surface area contributed by atoms with Crippen LogP contribution in [-0.2, 0) is 12.8 Å². The summed E-state index contributed by atoms with van der Waals surface area (Å²) < 4.78 is 0. The Bertz CT molecular complexity index is 865. The summed E-state index contributed by atoms with van der Waals surface area (Å²) in [4.78, 5) is 27.8. The van der Waals surface area contributed by atoms with Crippen LogP contribution in [0, 0.1) is 33.6 Å². The fourth-order valence-electron chi connectivity index (χ4n) is 4.72. The molecule has 0 aliphatic carbocycles. The van der Waals surface area contributed by atoms with Gasteiger partial charge in [-0.15, -0.1) is 0 Å². The fourth-order valence-corrected chi connectivity index (χ4v) is 7.22. The second-order valence-electron chi connectivity index (χ2n) is 10.0. The number of benzene rings is 2. The van der Waals surface area contributed by atoms with Crippen LogP contribution in [0.3, 0.4) is 0 Å². The Kier molecular flexibility index (Phi) is 10.5. The first-order chi connectivity index (χ1) is 15.6. The van der Waals surface area contributed by atoms with Crippen LogP contribution in [0.25, 0.3) is 0 Å². The molecule has 180 valence electrons. The van der Waals surface area contributed by atoms with Gasteiger partial charge < -0.3 is 0 Å². The van der Waals surface area contributed by atoms with Gasteiger partial charge in [-0.3, -0.25) is 9.59 Å². The molecule has 0 heterocycles. The van der Waals surface area contributed by atoms with Gasteiger partial charge in [-0.25, -0.2) is 0 Å². The first-order valence-electron chi connectivity index (χ1n) is 12.7. The van der Waals surface area contributed by atoms with Crippen LogP contribution in [-0.4, -0.2) is 17.2 Å². The minimum absolute atomic E-state index is 0.0506. The van der Waals surface area contributed by atoms with E-state index in [-0.39, 0.29) is 17.0 Å². The van der Waals surface area contributed by atoms with E-state index < -0.39 is 7.92 Å². The van der Waals surface area contributed by atoms with E-state index in [0.717, 1.165) is 71.9 Å². The summed E-state index contributed by atoms with van der Waals surface area (Å²) >= 11 is 0. The summed E-state index contributed by atoms with van der Waals surface area (Å²) in [6.45, 7) is 16.7. The second-order valence-corrected chi connectivity index (χ2v) is 12.1. The van der Waals surface area contributed by atoms with Gasteiger partial charge in [0, 0.05) is 19.0 Å². The normalized spacial score (nSPS) is 11.5. The Labute approximate surface area is 203 Å². The molecule has 0 saturated heterocycles. The molecule has 0 aliphatic heterocycles. The molecule has 0 spiro atoms. The van der Waals surface area contributed by atoms with Gasteiger partial charge in [0.1, 0.15) is 0 Å². The van der Waals surface area contributed by atoms with Crippen molar-refractivity contribution in [2.24, 2.45) is 5.92 Å². The van der Waals surface area contributed by atoms with E-state index in [1.807, 2.05) is 27.7 Å². The van der Waals surface area contributed by atoms with E-state index in [1.54, 1.807) is 0 Å². The highest BCUT2D eigenvalue weighted by Gasteiger charge is 2.32. The lowest BCUT2D eigenvalue weighted by Crippen LogP contribution is -2.16. The molecule has 2 nitrogen and oxygen atoms in total. The molecular formula is C30H43O2P. The largest absolute Gasteiger partial charge is 0.289 e. The number of carbonyl (C=O) groups excluding carboxylic acids is 2. The van der Waals surface area contributed by atoms with Crippen LogP contribution in [0.4, 0.5) is 0 Å². The molecule has 33 heavy (non-hydrogen) atoms. The Balaban J connectivity index is 2.46. The van der Waals surface area contributed by atoms with E-state index in [9.17, 15) is 9.59 Å². The van der Waals surface area contributed by atoms with Gasteiger partial charge in [-0.2, -0.15) is 0 Å². The first kappa shape index (κ1) is 27.5. The number of unbranched alkanes of at least 4 members (excludes halogenated alkanes) is 2. The molecule has 2 aromatic carbocycles. The van der Waals surface area contributed by atoms with Crippen molar-refractivity contribution in [3.63, 3.8) is 0 Å². The van der Waals surface area contributed by atoms with Crippen LogP contribution >= 0.6 is 7.92 Å². The highest BCUT2D eigenvalue weighted by molar-refractivity contribution is 7.90. The third kappa shape index (κ3) is 7.10. The highest BCUT2D eigenvalue weighted by Crippen LogP contribution is 2.47. The maximum Gasteiger partial charge on any atom is 0.192 e. The summed E-state index contributed by atoms with van der Waals surface area (Å²) in [5.74, 6) is 0.290. The molecule has 2 rings (SSSR count). The van der Waals surface area contributed by atoms with Crippen LogP contribution < -0.4 is 0 Å². The van der Waals surface area contributed by atoms with Gasteiger partial charge in [0.25, 0.3) is 0 Å². The molecule has 0 radical (unpaired) electrons. The molecule has 0 aromatic heterocycles. The van der Waals surface area contributed by atoms with Crippen LogP contribution in [0.1, 0.15) is 107 Å². The van der Waals surface area contributed by atoms with Crippen molar-refractivity contribution in [3.8, 4) is 0 Å². The zero-order valence-corrected chi connectivity index (χ0v) is 23.0. The maximum absolute atomic E-state index is 13.9. The van der Waals surface area contributed by atoms with Crippen molar-refractivity contribution in [2.45, 2.75) is 93.9 Å². The zero-order chi connectivity index (χ0) is 24.7. The lowest BCUT2D eigenvalue weighted by Gasteiger charge is -2.22. The van der Waals surface area contributed by atoms with Gasteiger partial charge in [-0.05, 0) is 98.8 Å². The predicted octanol–water partition coefficient (Wildman–Crippen LogP) is 8.72. The third-order valence-corrected chi connectivity index (χ3v) is 8.81. The van der Waals surface area contributed by atoms with E-state index in [1.165, 1.54) is 11.1 Å². The average Bonchev–Trinajstić information content (AvgIpc) is 2.73. The molecule has 0 saturated carbocycles. The van der Waals surface area contributed by atoms with Gasteiger partial charge in [0.15, 0.2) is 11.0 Å². The summed E-state index contributed by atoms with van der Waals surface area (Å²) in [5.41, 5.74) is 8.27. The SMILES string of the molecule is CCCCc1cc(C)c(C(=O)P(CC(C)C)C(=O)c2c(C)cc(CCCC)cc2C)c(C)c1. The summed E-state index contributed by atoms with van der Waals surface area (Å²) in [5, 5.41) is 0. The molecule has 0 amide bonds. The molecule has 0 fully saturated rings. The summed E-state index contributed by atoms with van der Waals surface area (Å²) in [6.07, 6.45) is 7.32. The second kappa shape index (κ2) is 12.6. The van der Waals surface area contributed by atoms with E-state index in [2.05, 4.69) is 52.0 Å². The van der Waals surface area contributed by atoms with Crippen molar-refractivity contribution < 1.29 is 9.59 Å². The Morgan fingerprint density at radius 2 is 1.03 bits per heavy atom. The predicted molar refractivity (Wildman–Crippen MR) is 144 cm³/mol. The smallest absolute Gasteiger partial charge is 0.192 e. The molecule has 3 heteroatoms. The van der Waals surface area contributed by atoms with E-state index in [0.29, 0.717) is 6.16 Å². The number of rotatable bonds is 12. The van der Waals surface area contributed by atoms with Crippen molar-refractivity contribution in [2.75, 3.05) is 6.16 Å². The minimum Gasteiger partial charge on any atom is -0.289 e. The Morgan fingerprint density at radius 1 is 0.697 bits per heavy atom. The topological polar surface area (TPSA) is 34.1 Å². The Hall–Kier alpha value is -1.79. The fraction of sp³-hybridized carbons (Fsp3) is 0.533. The quantitative estimate of drug-likeness (QED) is 0.293. The van der Waals surface area contributed by atoms with E-state index in [4.69, 9.17) is 0 Å². The lowest BCUT2D eigenvalue weighted by molar-refractivity contribution is 0.105. The maximum atomic E-state index is 13.9. The summed E-state index contributed by atoms with van der Waals surface area (Å²) in [7, 11) is -1.46. The molecule has 0 N–H and O–H groups in total. The number of carbonyl (C=O) groups is 2. The van der Waals surface area contributed by atoms with E-state index >= 15 is 0 Å². The van der Waals surface area contributed by atoms with Crippen LogP contribution in [0.2, 0.25) is 0 Å². The van der Waals surface area contributed by atoms with Gasteiger partial charge in [-0.1, -0.05) is 64.8 Å². The molecule has 0 unspecified atom stereocenters. The highest BCUT2D eigenvalue weighted by atomic mass is 31.1. The average molecular weight is 467 g/mol. The van der Waals surface area contributed by atoms with Crippen LogP contribution in [0.5, 0.6) is 0 Å². The number of hydrogen-bond donors (Lipinski definition) is 0. The third-order valence-electron chi connectivity index (χ3n) is 6.29. The molecular weight excluding hydrogens is 423 g/mol. The number of hydrogen-bond acceptors (Lipinski definition) is 2. The monoisotopic (exact) mass is 466 g/mol. The Morgan fingerprint density at radius 3 is 1.30 bits per heavy atom. The molecule has 2 aromatic rings. The van der Waals surface area contributed by atoms with Gasteiger partial charge in [0.2, 0.25) is 0 Å². The number of aryl methyl sites for hydroxylation is 6. The first-order valence-corrected chi connectivity index (χ1v) is 14.2. The minimum atomic E-state index is -1.46.